The summed E-state index contributed by atoms with van der Waals surface area (Å²) >= 11 is 1.64. The minimum Gasteiger partial charge on any atom is -0.336 e. The number of rotatable bonds is 4. The monoisotopic (exact) mass is 324 g/mol. The molecule has 1 aromatic heterocycles. The van der Waals surface area contributed by atoms with E-state index in [-0.39, 0.29) is 23.8 Å². The molecule has 2 aliphatic rings. The van der Waals surface area contributed by atoms with E-state index >= 15 is 0 Å². The van der Waals surface area contributed by atoms with Gasteiger partial charge in [0.25, 0.3) is 0 Å². The van der Waals surface area contributed by atoms with Crippen molar-refractivity contribution in [3.05, 3.63) is 5.82 Å². The predicted octanol–water partition coefficient (Wildman–Crippen LogP) is 0.250. The summed E-state index contributed by atoms with van der Waals surface area (Å²) in [6.45, 7) is 0.294. The van der Waals surface area contributed by atoms with Gasteiger partial charge < -0.3 is 9.80 Å². The Morgan fingerprint density at radius 2 is 2.18 bits per heavy atom. The largest absolute Gasteiger partial charge is 0.336 e. The van der Waals surface area contributed by atoms with Gasteiger partial charge in [-0.05, 0) is 12.8 Å². The smallest absolute Gasteiger partial charge is 0.246 e. The molecule has 22 heavy (non-hydrogen) atoms. The number of likely N-dealkylation sites (N-methyl/N-ethyl adjacent to an activating group) is 1. The lowest BCUT2D eigenvalue weighted by Gasteiger charge is -2.28. The van der Waals surface area contributed by atoms with Crippen molar-refractivity contribution < 1.29 is 9.59 Å². The first-order chi connectivity index (χ1) is 10.7. The van der Waals surface area contributed by atoms with Gasteiger partial charge in [-0.2, -0.15) is 5.21 Å². The van der Waals surface area contributed by atoms with E-state index in [2.05, 4.69) is 20.6 Å². The van der Waals surface area contributed by atoms with Crippen LogP contribution in [0.1, 0.15) is 31.5 Å². The molecular weight excluding hydrogens is 304 g/mol. The Morgan fingerprint density at radius 3 is 2.86 bits per heavy atom. The van der Waals surface area contributed by atoms with Crippen molar-refractivity contribution in [2.45, 2.75) is 38.3 Å². The quantitative estimate of drug-likeness (QED) is 0.853. The van der Waals surface area contributed by atoms with Crippen LogP contribution < -0.4 is 0 Å². The maximum atomic E-state index is 12.6. The fourth-order valence-electron chi connectivity index (χ4n) is 3.07. The van der Waals surface area contributed by atoms with E-state index in [0.717, 1.165) is 25.7 Å². The number of H-pyrrole nitrogens is 1. The first-order valence-corrected chi connectivity index (χ1v) is 8.68. The molecule has 120 valence electrons. The van der Waals surface area contributed by atoms with Crippen molar-refractivity contribution in [2.24, 2.45) is 5.92 Å². The molecular formula is C13H20N6O2S. The Morgan fingerprint density at radius 1 is 1.41 bits per heavy atom. The number of carbonyl (C=O) groups excluding carboxylic acids is 2. The Kier molecular flexibility index (Phi) is 4.60. The van der Waals surface area contributed by atoms with Crippen molar-refractivity contribution in [3.8, 4) is 0 Å². The number of aromatic amines is 1. The van der Waals surface area contributed by atoms with Crippen LogP contribution in [0.15, 0.2) is 0 Å². The zero-order valence-corrected chi connectivity index (χ0v) is 13.4. The van der Waals surface area contributed by atoms with Gasteiger partial charge in [0, 0.05) is 18.7 Å². The molecule has 1 saturated heterocycles. The van der Waals surface area contributed by atoms with E-state index in [1.54, 1.807) is 28.6 Å². The summed E-state index contributed by atoms with van der Waals surface area (Å²) in [5, 5.41) is 13.6. The molecule has 1 aliphatic carbocycles. The highest BCUT2D eigenvalue weighted by Gasteiger charge is 2.39. The summed E-state index contributed by atoms with van der Waals surface area (Å²) < 4.78 is 0. The minimum absolute atomic E-state index is 0.0545. The molecule has 1 aliphatic heterocycles. The average Bonchev–Trinajstić information content (AvgIpc) is 3.26. The highest BCUT2D eigenvalue weighted by molar-refractivity contribution is 7.99. The van der Waals surface area contributed by atoms with Gasteiger partial charge in [-0.1, -0.05) is 18.1 Å². The van der Waals surface area contributed by atoms with E-state index in [1.165, 1.54) is 0 Å². The molecule has 0 bridgehead atoms. The van der Waals surface area contributed by atoms with Crippen LogP contribution >= 0.6 is 11.8 Å². The zero-order chi connectivity index (χ0) is 15.5. The van der Waals surface area contributed by atoms with Gasteiger partial charge in [0.05, 0.1) is 12.4 Å². The summed E-state index contributed by atoms with van der Waals surface area (Å²) in [5.41, 5.74) is 0. The van der Waals surface area contributed by atoms with Crippen LogP contribution in [0.2, 0.25) is 0 Å². The van der Waals surface area contributed by atoms with Gasteiger partial charge in [-0.15, -0.1) is 22.0 Å². The average molecular weight is 324 g/mol. The molecule has 0 radical (unpaired) electrons. The van der Waals surface area contributed by atoms with Crippen LogP contribution in [0.3, 0.4) is 0 Å². The number of tetrazole rings is 1. The highest BCUT2D eigenvalue weighted by atomic mass is 32.2. The molecule has 9 heteroatoms. The SMILES string of the molecule is CN(Cc1nn[nH]n1)C(=O)C1CSCN1C(=O)C1CCCC1. The third-order valence-electron chi connectivity index (χ3n) is 4.30. The third kappa shape index (κ3) is 3.08. The number of hydrogen-bond acceptors (Lipinski definition) is 6. The molecule has 1 saturated carbocycles. The summed E-state index contributed by atoms with van der Waals surface area (Å²) in [6, 6.07) is -0.366. The van der Waals surface area contributed by atoms with E-state index in [1.807, 2.05) is 0 Å². The Bertz CT molecular complexity index is 531. The molecule has 1 aromatic rings. The molecule has 0 spiro atoms. The fourth-order valence-corrected chi connectivity index (χ4v) is 4.22. The Hall–Kier alpha value is -1.64. The number of thioether (sulfide) groups is 1. The lowest BCUT2D eigenvalue weighted by atomic mass is 10.1. The third-order valence-corrected chi connectivity index (χ3v) is 5.31. The lowest BCUT2D eigenvalue weighted by Crippen LogP contribution is -2.49. The summed E-state index contributed by atoms with van der Waals surface area (Å²) in [4.78, 5) is 28.6. The maximum Gasteiger partial charge on any atom is 0.246 e. The van der Waals surface area contributed by atoms with Gasteiger partial charge in [0.1, 0.15) is 6.04 Å². The normalized spacial score (nSPS) is 22.2. The van der Waals surface area contributed by atoms with E-state index in [9.17, 15) is 9.59 Å². The van der Waals surface area contributed by atoms with Crippen molar-refractivity contribution in [2.75, 3.05) is 18.7 Å². The molecule has 1 unspecified atom stereocenters. The van der Waals surface area contributed by atoms with E-state index in [4.69, 9.17) is 0 Å². The van der Waals surface area contributed by atoms with E-state index in [0.29, 0.717) is 24.0 Å². The van der Waals surface area contributed by atoms with Gasteiger partial charge in [0.15, 0.2) is 5.82 Å². The molecule has 0 aromatic carbocycles. The highest BCUT2D eigenvalue weighted by Crippen LogP contribution is 2.31. The van der Waals surface area contributed by atoms with Crippen molar-refractivity contribution in [3.63, 3.8) is 0 Å². The second-order valence-corrected chi connectivity index (χ2v) is 6.83. The summed E-state index contributed by atoms with van der Waals surface area (Å²) in [7, 11) is 1.71. The first-order valence-electron chi connectivity index (χ1n) is 7.52. The summed E-state index contributed by atoms with van der Waals surface area (Å²) in [5.74, 6) is 1.94. The van der Waals surface area contributed by atoms with E-state index < -0.39 is 0 Å². The molecule has 1 N–H and O–H groups in total. The van der Waals surface area contributed by atoms with Gasteiger partial charge in [0.2, 0.25) is 11.8 Å². The topological polar surface area (TPSA) is 95.1 Å². The van der Waals surface area contributed by atoms with Crippen molar-refractivity contribution >= 4 is 23.6 Å². The molecule has 3 rings (SSSR count). The molecule has 8 nitrogen and oxygen atoms in total. The van der Waals surface area contributed by atoms with Gasteiger partial charge in [-0.25, -0.2) is 0 Å². The number of hydrogen-bond donors (Lipinski definition) is 1. The van der Waals surface area contributed by atoms with Crippen LogP contribution in [0.5, 0.6) is 0 Å². The fraction of sp³-hybridized carbons (Fsp3) is 0.769. The standard InChI is InChI=1S/C13H20N6O2S/c1-18(6-11-14-16-17-15-11)13(21)10-7-22-8-19(10)12(20)9-4-2-3-5-9/h9-10H,2-8H2,1H3,(H,14,15,16,17). The van der Waals surface area contributed by atoms with Crippen LogP contribution in [-0.4, -0.2) is 67.0 Å². The minimum atomic E-state index is -0.366. The number of nitrogens with zero attached hydrogens (tertiary/aromatic N) is 5. The molecule has 2 amide bonds. The summed E-state index contributed by atoms with van der Waals surface area (Å²) in [6.07, 6.45) is 4.15. The number of carbonyl (C=O) groups is 2. The molecule has 1 atom stereocenters. The van der Waals surface area contributed by atoms with Crippen LogP contribution in [-0.2, 0) is 16.1 Å². The Balaban J connectivity index is 1.64. The number of nitrogens with one attached hydrogen (secondary N) is 1. The number of amides is 2. The van der Waals surface area contributed by atoms with Crippen LogP contribution in [0.4, 0.5) is 0 Å². The van der Waals surface area contributed by atoms with Crippen LogP contribution in [0.25, 0.3) is 0 Å². The van der Waals surface area contributed by atoms with Gasteiger partial charge >= 0.3 is 0 Å². The lowest BCUT2D eigenvalue weighted by molar-refractivity contribution is -0.145. The molecule has 2 heterocycles. The number of aromatic nitrogens is 4. The second kappa shape index (κ2) is 6.64. The zero-order valence-electron chi connectivity index (χ0n) is 12.6. The predicted molar refractivity (Wildman–Crippen MR) is 80.6 cm³/mol. The Labute approximate surface area is 133 Å². The van der Waals surface area contributed by atoms with Crippen LogP contribution in [0, 0.1) is 5.92 Å². The van der Waals surface area contributed by atoms with Crippen molar-refractivity contribution in [1.82, 2.24) is 30.4 Å². The second-order valence-electron chi connectivity index (χ2n) is 5.83. The first kappa shape index (κ1) is 15.3. The van der Waals surface area contributed by atoms with Crippen molar-refractivity contribution in [1.29, 1.82) is 0 Å². The molecule has 2 fully saturated rings. The van der Waals surface area contributed by atoms with Gasteiger partial charge in [-0.3, -0.25) is 9.59 Å². The maximum absolute atomic E-state index is 12.6.